The van der Waals surface area contributed by atoms with Crippen LogP contribution in [0.4, 0.5) is 34.1 Å². The minimum Gasteiger partial charge on any atom is -0.309 e. The minimum atomic E-state index is -3.18. The Bertz CT molecular complexity index is 4740. The van der Waals surface area contributed by atoms with Crippen LogP contribution < -0.4 is 30.5 Å². The lowest BCUT2D eigenvalue weighted by molar-refractivity contribution is 0.232. The van der Waals surface area contributed by atoms with Crippen LogP contribution >= 0.6 is 10.0 Å². The molecule has 13 aromatic rings. The third-order valence-corrected chi connectivity index (χ3v) is 30.0. The van der Waals surface area contributed by atoms with Gasteiger partial charge in [-0.1, -0.05) is 270 Å². The highest BCUT2D eigenvalue weighted by molar-refractivity contribution is 8.34. The van der Waals surface area contributed by atoms with Gasteiger partial charge in [0.05, 0.1) is 33.9 Å². The summed E-state index contributed by atoms with van der Waals surface area (Å²) in [6.07, 6.45) is 0. The standard InChI is InChI=1S/C87H64N4SSi/c1-85(2)81-82(86(3,4)87(85)71-55-61(59-31-11-5-12-32-59)51-53-67(71)68-54-52-62(56-72(68)87)60-33-13-6-14-34-60)84(91-75-45-25-29-49-79(75)93(65-39-19-9-20-40-65,66-41-21-10-22-42-66)80-50-30-26-46-76(80)91)70(58-89)69(57-88)83(81)90-73-43-23-27-47-77(73)92(63-35-15-7-16-36-63,64-37-17-8-18-38-64)78-48-28-24-44-74(78)90/h5-56H,1-4H3. The molecule has 442 valence electrons. The molecule has 0 fully saturated rings. The van der Waals surface area contributed by atoms with Gasteiger partial charge in [0, 0.05) is 47.2 Å². The van der Waals surface area contributed by atoms with E-state index >= 15 is 0 Å². The van der Waals surface area contributed by atoms with Crippen molar-refractivity contribution in [1.29, 1.82) is 10.5 Å². The average molecular weight is 1230 g/mol. The molecule has 0 aromatic heterocycles. The second-order valence-electron chi connectivity index (χ2n) is 26.0. The Kier molecular flexibility index (Phi) is 12.7. The number of anilines is 6. The SMILES string of the molecule is CC1(C)c2c(N3c4ccccc4[Si](c4ccccc4)(c4ccccc4)c4ccccc43)c(C#N)c(C#N)c(N3c4ccccc4S(c4ccccc4)(c4ccccc4)c4ccccc43)c2C(C)(C)C12c1cc(-c3ccccc3)ccc1-c1ccc(-c3ccccc3)cc12. The Labute approximate surface area is 547 Å². The maximum absolute atomic E-state index is 12.9. The van der Waals surface area contributed by atoms with Crippen LogP contribution in [0.2, 0.25) is 0 Å². The molecule has 4 aliphatic rings. The van der Waals surface area contributed by atoms with Gasteiger partial charge in [0.2, 0.25) is 0 Å². The van der Waals surface area contributed by atoms with E-state index in [2.05, 4.69) is 365 Å². The summed E-state index contributed by atoms with van der Waals surface area (Å²) in [5, 5.41) is 30.8. The van der Waals surface area contributed by atoms with Crippen molar-refractivity contribution in [2.75, 3.05) is 9.80 Å². The summed E-state index contributed by atoms with van der Waals surface area (Å²) in [6, 6.07) is 122. The highest BCUT2D eigenvalue weighted by atomic mass is 32.3. The summed E-state index contributed by atoms with van der Waals surface area (Å²) in [4.78, 5) is 9.61. The first-order valence-corrected chi connectivity index (χ1v) is 35.7. The number of nitrogens with zero attached hydrogens (tertiary/aromatic N) is 4. The van der Waals surface area contributed by atoms with Crippen LogP contribution in [0.1, 0.15) is 61.1 Å². The van der Waals surface area contributed by atoms with Crippen LogP contribution in [0.15, 0.2) is 335 Å². The van der Waals surface area contributed by atoms with E-state index in [-0.39, 0.29) is 0 Å². The maximum Gasteiger partial charge on any atom is 0.184 e. The van der Waals surface area contributed by atoms with E-state index in [1.54, 1.807) is 0 Å². The number of hydrogen-bond acceptors (Lipinski definition) is 4. The van der Waals surface area contributed by atoms with Crippen molar-refractivity contribution in [3.05, 3.63) is 349 Å². The molecule has 0 bridgehead atoms. The van der Waals surface area contributed by atoms with Gasteiger partial charge in [0.1, 0.15) is 12.1 Å². The first kappa shape index (κ1) is 56.0. The van der Waals surface area contributed by atoms with Crippen LogP contribution in [0.25, 0.3) is 33.4 Å². The summed E-state index contributed by atoms with van der Waals surface area (Å²) in [5.41, 5.74) is 14.9. The van der Waals surface area contributed by atoms with E-state index in [0.717, 1.165) is 77.3 Å². The lowest BCUT2D eigenvalue weighted by Gasteiger charge is -2.51. The van der Waals surface area contributed by atoms with Crippen molar-refractivity contribution >= 4 is 73.0 Å². The Morgan fingerprint density at radius 1 is 0.333 bits per heavy atom. The predicted molar refractivity (Wildman–Crippen MR) is 386 cm³/mol. The smallest absolute Gasteiger partial charge is 0.184 e. The monoisotopic (exact) mass is 1220 g/mol. The fourth-order valence-corrected chi connectivity index (χ4v) is 27.2. The molecule has 0 unspecified atom stereocenters. The van der Waals surface area contributed by atoms with E-state index in [1.165, 1.54) is 52.8 Å². The van der Waals surface area contributed by atoms with E-state index < -0.39 is 34.3 Å². The van der Waals surface area contributed by atoms with E-state index in [9.17, 15) is 10.5 Å². The molecular formula is C87H64N4SSi. The molecule has 13 aromatic carbocycles. The van der Waals surface area contributed by atoms with Gasteiger partial charge in [-0.25, -0.2) is 0 Å². The predicted octanol–water partition coefficient (Wildman–Crippen LogP) is 19.6. The second kappa shape index (κ2) is 21.0. The van der Waals surface area contributed by atoms with Gasteiger partial charge in [-0.2, -0.15) is 10.5 Å². The van der Waals surface area contributed by atoms with Crippen LogP contribution in [0.3, 0.4) is 0 Å². The van der Waals surface area contributed by atoms with Gasteiger partial charge >= 0.3 is 0 Å². The molecule has 0 amide bonds. The van der Waals surface area contributed by atoms with Crippen LogP contribution in [0.5, 0.6) is 0 Å². The van der Waals surface area contributed by atoms with E-state index in [4.69, 9.17) is 0 Å². The molecular weight excluding hydrogens is 1160 g/mol. The number of nitriles is 2. The summed E-state index contributed by atoms with van der Waals surface area (Å²) >= 11 is 0. The zero-order valence-electron chi connectivity index (χ0n) is 52.2. The minimum absolute atomic E-state index is 0.336. The molecule has 6 heteroatoms. The highest BCUT2D eigenvalue weighted by Gasteiger charge is 2.70. The molecule has 1 spiro atoms. The first-order valence-electron chi connectivity index (χ1n) is 32.1. The Morgan fingerprint density at radius 2 is 0.656 bits per heavy atom. The van der Waals surface area contributed by atoms with Gasteiger partial charge in [-0.05, 0) is 149 Å². The number of hydrogen-bond donors (Lipinski definition) is 0. The summed E-state index contributed by atoms with van der Waals surface area (Å²) in [7, 11) is -5.40. The first-order chi connectivity index (χ1) is 45.6. The van der Waals surface area contributed by atoms with Gasteiger partial charge in [-0.3, -0.25) is 0 Å². The Morgan fingerprint density at radius 3 is 1.04 bits per heavy atom. The maximum atomic E-state index is 12.9. The lowest BCUT2D eigenvalue weighted by atomic mass is 9.52. The fraction of sp³-hybridized carbons (Fsp3) is 0.0805. The number of para-hydroxylation sites is 4. The molecule has 2 aliphatic carbocycles. The van der Waals surface area contributed by atoms with Gasteiger partial charge in [0.15, 0.2) is 8.07 Å². The molecule has 0 atom stereocenters. The third-order valence-electron chi connectivity index (χ3n) is 21.2. The van der Waals surface area contributed by atoms with Crippen molar-refractivity contribution in [2.45, 2.75) is 63.5 Å². The average Bonchev–Trinajstić information content (AvgIpc) is 1.49. The molecule has 93 heavy (non-hydrogen) atoms. The normalized spacial score (nSPS) is 16.0. The highest BCUT2D eigenvalue weighted by Crippen LogP contribution is 2.81. The zero-order chi connectivity index (χ0) is 62.8. The van der Waals surface area contributed by atoms with Crippen molar-refractivity contribution in [2.24, 2.45) is 0 Å². The second-order valence-corrected chi connectivity index (χ2v) is 32.8. The number of fused-ring (bicyclic) bond motifs is 10. The third kappa shape index (κ3) is 7.42. The number of rotatable bonds is 8. The lowest BCUT2D eigenvalue weighted by Crippen LogP contribution is -2.77. The zero-order valence-corrected chi connectivity index (χ0v) is 54.0. The summed E-state index contributed by atoms with van der Waals surface area (Å²) in [5.74, 6) is 0. The van der Waals surface area contributed by atoms with Gasteiger partial charge in [0.25, 0.3) is 0 Å². The molecule has 0 radical (unpaired) electrons. The quantitative estimate of drug-likeness (QED) is 0.142. The van der Waals surface area contributed by atoms with Crippen LogP contribution in [0, 0.1) is 22.7 Å². The van der Waals surface area contributed by atoms with Crippen molar-refractivity contribution in [3.8, 4) is 45.5 Å². The van der Waals surface area contributed by atoms with Crippen molar-refractivity contribution in [3.63, 3.8) is 0 Å². The molecule has 0 saturated heterocycles. The summed E-state index contributed by atoms with van der Waals surface area (Å²) < 4.78 is 0. The largest absolute Gasteiger partial charge is 0.309 e. The summed E-state index contributed by atoms with van der Waals surface area (Å²) in [6.45, 7) is 9.88. The van der Waals surface area contributed by atoms with Crippen LogP contribution in [-0.2, 0) is 16.2 Å². The van der Waals surface area contributed by atoms with E-state index in [1.807, 2.05) is 0 Å². The molecule has 2 heterocycles. The molecule has 2 aliphatic heterocycles. The van der Waals surface area contributed by atoms with Crippen LogP contribution in [-0.4, -0.2) is 8.07 Å². The van der Waals surface area contributed by atoms with E-state index in [0.29, 0.717) is 11.1 Å². The van der Waals surface area contributed by atoms with Crippen molar-refractivity contribution < 1.29 is 0 Å². The van der Waals surface area contributed by atoms with Crippen molar-refractivity contribution in [1.82, 2.24) is 0 Å². The molecule has 17 rings (SSSR count). The Balaban J connectivity index is 1.06. The topological polar surface area (TPSA) is 54.1 Å². The van der Waals surface area contributed by atoms with Gasteiger partial charge in [-0.15, -0.1) is 10.0 Å². The van der Waals surface area contributed by atoms with Gasteiger partial charge < -0.3 is 9.80 Å². The molecule has 4 nitrogen and oxygen atoms in total. The number of benzene rings is 13. The molecule has 0 N–H and O–H groups in total. The molecule has 0 saturated carbocycles. The Hall–Kier alpha value is -11.0. The fourth-order valence-electron chi connectivity index (χ4n) is 17.9.